The third-order valence-corrected chi connectivity index (χ3v) is 6.07. The van der Waals surface area contributed by atoms with Gasteiger partial charge in [-0.3, -0.25) is 9.89 Å². The minimum atomic E-state index is 0. The predicted octanol–water partition coefficient (Wildman–Crippen LogP) is 2.84. The SMILES string of the molecule is Cl.O=C(C[C@@H]1CCCN1)N1CCN(c2c(-c3ccccc3)cnc3[nH]ncc23)CC1. The molecule has 2 aliphatic heterocycles. The topological polar surface area (TPSA) is 77.2 Å². The van der Waals surface area contributed by atoms with Crippen LogP contribution in [0.1, 0.15) is 19.3 Å². The molecule has 7 nitrogen and oxygen atoms in total. The largest absolute Gasteiger partial charge is 0.367 e. The standard InChI is InChI=1S/C22H26N6O.ClH/c29-20(13-17-7-4-8-23-17)27-9-11-28(12-10-27)21-18(16-5-2-1-3-6-16)14-24-22-19(21)15-25-26-22;/h1-3,5-6,14-15,17,23H,4,7-13H2,(H,24,25,26);1H/t17-;/m0./s1. The highest BCUT2D eigenvalue weighted by atomic mass is 35.5. The number of H-pyrrole nitrogens is 1. The quantitative estimate of drug-likeness (QED) is 0.670. The molecule has 4 heterocycles. The van der Waals surface area contributed by atoms with Crippen molar-refractivity contribution in [1.82, 2.24) is 25.4 Å². The highest BCUT2D eigenvalue weighted by molar-refractivity contribution is 5.98. The maximum absolute atomic E-state index is 12.7. The molecule has 3 aromatic rings. The number of piperazine rings is 1. The van der Waals surface area contributed by atoms with Crippen molar-refractivity contribution in [2.75, 3.05) is 37.6 Å². The van der Waals surface area contributed by atoms with Crippen molar-refractivity contribution in [3.63, 3.8) is 0 Å². The number of halogens is 1. The molecule has 2 aliphatic rings. The Hall–Kier alpha value is -2.64. The van der Waals surface area contributed by atoms with Crippen molar-refractivity contribution in [3.05, 3.63) is 42.7 Å². The molecular formula is C22H27ClN6O. The molecule has 0 unspecified atom stereocenters. The molecule has 1 aromatic carbocycles. The molecule has 2 saturated heterocycles. The number of carbonyl (C=O) groups is 1. The summed E-state index contributed by atoms with van der Waals surface area (Å²) in [6, 6.07) is 10.7. The zero-order valence-electron chi connectivity index (χ0n) is 16.9. The van der Waals surface area contributed by atoms with Gasteiger partial charge in [0.25, 0.3) is 0 Å². The molecule has 1 amide bonds. The van der Waals surface area contributed by atoms with E-state index in [1.54, 1.807) is 0 Å². The van der Waals surface area contributed by atoms with Gasteiger partial charge in [0.05, 0.1) is 17.3 Å². The Kier molecular flexibility index (Phi) is 6.20. The van der Waals surface area contributed by atoms with Crippen molar-refractivity contribution in [2.45, 2.75) is 25.3 Å². The van der Waals surface area contributed by atoms with Gasteiger partial charge in [0.15, 0.2) is 5.65 Å². The van der Waals surface area contributed by atoms with Crippen molar-refractivity contribution in [2.24, 2.45) is 0 Å². The number of nitrogens with one attached hydrogen (secondary N) is 2. The zero-order chi connectivity index (χ0) is 19.6. The number of benzene rings is 1. The summed E-state index contributed by atoms with van der Waals surface area (Å²) in [6.45, 7) is 4.17. The Morgan fingerprint density at radius 2 is 1.90 bits per heavy atom. The van der Waals surface area contributed by atoms with Gasteiger partial charge in [0, 0.05) is 50.4 Å². The summed E-state index contributed by atoms with van der Waals surface area (Å²) in [5.41, 5.74) is 4.20. The van der Waals surface area contributed by atoms with Gasteiger partial charge in [0.2, 0.25) is 5.91 Å². The zero-order valence-corrected chi connectivity index (χ0v) is 17.7. The molecule has 0 aliphatic carbocycles. The lowest BCUT2D eigenvalue weighted by atomic mass is 10.0. The lowest BCUT2D eigenvalue weighted by Gasteiger charge is -2.37. The van der Waals surface area contributed by atoms with Crippen molar-refractivity contribution in [1.29, 1.82) is 0 Å². The molecule has 1 atom stereocenters. The van der Waals surface area contributed by atoms with Gasteiger partial charge in [0.1, 0.15) is 0 Å². The van der Waals surface area contributed by atoms with Crippen LogP contribution >= 0.6 is 12.4 Å². The van der Waals surface area contributed by atoms with Gasteiger partial charge in [-0.15, -0.1) is 12.4 Å². The number of aromatic amines is 1. The molecule has 8 heteroatoms. The molecule has 2 aromatic heterocycles. The Bertz CT molecular complexity index is 993. The fourth-order valence-corrected chi connectivity index (χ4v) is 4.51. The fraction of sp³-hybridized carbons (Fsp3) is 0.409. The summed E-state index contributed by atoms with van der Waals surface area (Å²) < 4.78 is 0. The minimum Gasteiger partial charge on any atom is -0.367 e. The Morgan fingerprint density at radius 3 is 2.63 bits per heavy atom. The molecule has 0 saturated carbocycles. The van der Waals surface area contributed by atoms with E-state index >= 15 is 0 Å². The first-order chi connectivity index (χ1) is 14.3. The van der Waals surface area contributed by atoms with Crippen LogP contribution in [-0.2, 0) is 4.79 Å². The molecule has 2 fully saturated rings. The summed E-state index contributed by atoms with van der Waals surface area (Å²) in [7, 11) is 0. The normalized spacial score (nSPS) is 19.1. The molecule has 5 rings (SSSR count). The van der Waals surface area contributed by atoms with Gasteiger partial charge >= 0.3 is 0 Å². The minimum absolute atomic E-state index is 0. The van der Waals surface area contributed by atoms with Crippen LogP contribution in [-0.4, -0.2) is 64.8 Å². The summed E-state index contributed by atoms with van der Waals surface area (Å²) in [5.74, 6) is 0.274. The first-order valence-electron chi connectivity index (χ1n) is 10.4. The average molecular weight is 427 g/mol. The van der Waals surface area contributed by atoms with E-state index in [0.29, 0.717) is 12.5 Å². The van der Waals surface area contributed by atoms with E-state index in [9.17, 15) is 4.79 Å². The summed E-state index contributed by atoms with van der Waals surface area (Å²) >= 11 is 0. The summed E-state index contributed by atoms with van der Waals surface area (Å²) in [6.07, 6.45) is 6.69. The van der Waals surface area contributed by atoms with Gasteiger partial charge in [-0.25, -0.2) is 4.98 Å². The molecular weight excluding hydrogens is 400 g/mol. The Labute approximate surface area is 182 Å². The average Bonchev–Trinajstić information content (AvgIpc) is 3.45. The van der Waals surface area contributed by atoms with Crippen molar-refractivity contribution in [3.8, 4) is 11.1 Å². The molecule has 30 heavy (non-hydrogen) atoms. The van der Waals surface area contributed by atoms with E-state index < -0.39 is 0 Å². The predicted molar refractivity (Wildman–Crippen MR) is 121 cm³/mol. The van der Waals surface area contributed by atoms with E-state index in [2.05, 4.69) is 37.5 Å². The second-order valence-corrected chi connectivity index (χ2v) is 7.88. The number of hydrogen-bond donors (Lipinski definition) is 2. The smallest absolute Gasteiger partial charge is 0.224 e. The highest BCUT2D eigenvalue weighted by Gasteiger charge is 2.27. The van der Waals surface area contributed by atoms with E-state index in [0.717, 1.165) is 67.0 Å². The van der Waals surface area contributed by atoms with Crippen LogP contribution in [0.2, 0.25) is 0 Å². The number of nitrogens with zero attached hydrogens (tertiary/aromatic N) is 4. The molecule has 158 valence electrons. The van der Waals surface area contributed by atoms with Crippen LogP contribution in [0.5, 0.6) is 0 Å². The number of aromatic nitrogens is 3. The lowest BCUT2D eigenvalue weighted by molar-refractivity contribution is -0.131. The van der Waals surface area contributed by atoms with Gasteiger partial charge in [-0.1, -0.05) is 30.3 Å². The Balaban J connectivity index is 0.00000218. The van der Waals surface area contributed by atoms with Crippen LogP contribution in [0.15, 0.2) is 42.7 Å². The van der Waals surface area contributed by atoms with Crippen LogP contribution in [0.4, 0.5) is 5.69 Å². The molecule has 0 bridgehead atoms. The van der Waals surface area contributed by atoms with Crippen LogP contribution in [0.25, 0.3) is 22.2 Å². The molecule has 0 spiro atoms. The second kappa shape index (κ2) is 9.02. The van der Waals surface area contributed by atoms with Gasteiger partial charge in [-0.2, -0.15) is 5.10 Å². The second-order valence-electron chi connectivity index (χ2n) is 7.88. The Morgan fingerprint density at radius 1 is 1.10 bits per heavy atom. The maximum atomic E-state index is 12.7. The number of anilines is 1. The lowest BCUT2D eigenvalue weighted by Crippen LogP contribution is -2.49. The van der Waals surface area contributed by atoms with Crippen LogP contribution in [0.3, 0.4) is 0 Å². The summed E-state index contributed by atoms with van der Waals surface area (Å²) in [5, 5.41) is 11.7. The fourth-order valence-electron chi connectivity index (χ4n) is 4.51. The van der Waals surface area contributed by atoms with Crippen molar-refractivity contribution >= 4 is 35.0 Å². The van der Waals surface area contributed by atoms with Crippen LogP contribution < -0.4 is 10.2 Å². The van der Waals surface area contributed by atoms with E-state index in [-0.39, 0.29) is 18.3 Å². The number of fused-ring (bicyclic) bond motifs is 1. The number of rotatable bonds is 4. The van der Waals surface area contributed by atoms with E-state index in [1.807, 2.05) is 35.5 Å². The summed E-state index contributed by atoms with van der Waals surface area (Å²) in [4.78, 5) is 21.7. The molecule has 2 N–H and O–H groups in total. The third kappa shape index (κ3) is 4.00. The monoisotopic (exact) mass is 426 g/mol. The maximum Gasteiger partial charge on any atom is 0.224 e. The van der Waals surface area contributed by atoms with E-state index in [1.165, 1.54) is 6.42 Å². The number of hydrogen-bond acceptors (Lipinski definition) is 5. The third-order valence-electron chi connectivity index (χ3n) is 6.07. The van der Waals surface area contributed by atoms with Gasteiger partial charge < -0.3 is 15.1 Å². The highest BCUT2D eigenvalue weighted by Crippen LogP contribution is 2.36. The number of pyridine rings is 1. The van der Waals surface area contributed by atoms with Crippen LogP contribution in [0, 0.1) is 0 Å². The first kappa shape index (κ1) is 20.6. The first-order valence-corrected chi connectivity index (χ1v) is 10.4. The number of carbonyl (C=O) groups excluding carboxylic acids is 1. The van der Waals surface area contributed by atoms with Gasteiger partial charge in [-0.05, 0) is 24.9 Å². The van der Waals surface area contributed by atoms with Crippen molar-refractivity contribution < 1.29 is 4.79 Å². The van der Waals surface area contributed by atoms with E-state index in [4.69, 9.17) is 0 Å². The molecule has 0 radical (unpaired) electrons. The number of amides is 1.